The molecule has 0 saturated carbocycles. The molecule has 2 aromatic rings. The molecule has 0 N–H and O–H groups in total. The van der Waals surface area contributed by atoms with Crippen LogP contribution in [0.1, 0.15) is 16.7 Å². The van der Waals surface area contributed by atoms with Gasteiger partial charge in [-0.2, -0.15) is 0 Å². The van der Waals surface area contributed by atoms with Crippen molar-refractivity contribution >= 4 is 23.6 Å². The van der Waals surface area contributed by atoms with E-state index in [-0.39, 0.29) is 17.3 Å². The van der Waals surface area contributed by atoms with Crippen LogP contribution in [0.5, 0.6) is 0 Å². The highest BCUT2D eigenvalue weighted by atomic mass is 16.6. The van der Waals surface area contributed by atoms with Crippen LogP contribution in [0, 0.1) is 17.0 Å². The monoisotopic (exact) mass is 334 g/mol. The molecule has 0 fully saturated rings. The second-order valence-corrected chi connectivity index (χ2v) is 5.38. The van der Waals surface area contributed by atoms with Crippen molar-refractivity contribution in [3.63, 3.8) is 0 Å². The van der Waals surface area contributed by atoms with Gasteiger partial charge < -0.3 is 4.74 Å². The Bertz CT molecular complexity index is 925. The number of carbonyl (C=O) groups is 1. The van der Waals surface area contributed by atoms with E-state index >= 15 is 0 Å². The van der Waals surface area contributed by atoms with Gasteiger partial charge >= 0.3 is 5.97 Å². The molecule has 0 aromatic heterocycles. The van der Waals surface area contributed by atoms with Gasteiger partial charge in [-0.05, 0) is 42.3 Å². The third kappa shape index (κ3) is 3.69. The molecule has 25 heavy (non-hydrogen) atoms. The second-order valence-electron chi connectivity index (χ2n) is 5.38. The fourth-order valence-electron chi connectivity index (χ4n) is 2.31. The molecule has 0 spiro atoms. The Hall–Kier alpha value is -3.54. The van der Waals surface area contributed by atoms with E-state index in [1.807, 2.05) is 31.2 Å². The molecule has 1 aliphatic heterocycles. The van der Waals surface area contributed by atoms with Crippen molar-refractivity contribution in [3.05, 3.63) is 93.2 Å². The highest BCUT2D eigenvalue weighted by Crippen LogP contribution is 2.19. The molecule has 124 valence electrons. The Balaban J connectivity index is 1.78. The first-order valence-corrected chi connectivity index (χ1v) is 7.54. The molecule has 1 aliphatic rings. The lowest BCUT2D eigenvalue weighted by atomic mass is 10.1. The number of cyclic esters (lactones) is 1. The standard InChI is InChI=1S/C19H14N2O4/c1-13-5-2-3-7-16(13)18-20-17(19(22)25-18)8-4-6-14-9-11-15(12-10-14)21(23)24/h2-12H,1H3. The fraction of sp³-hybridized carbons (Fsp3) is 0.0526. The molecule has 6 heteroatoms. The number of aryl methyl sites for hydroxylation is 1. The summed E-state index contributed by atoms with van der Waals surface area (Å²) in [4.78, 5) is 26.3. The minimum Gasteiger partial charge on any atom is -0.402 e. The number of allylic oxidation sites excluding steroid dienone is 2. The quantitative estimate of drug-likeness (QED) is 0.368. The van der Waals surface area contributed by atoms with E-state index in [0.717, 1.165) is 16.7 Å². The van der Waals surface area contributed by atoms with Crippen molar-refractivity contribution in [1.29, 1.82) is 0 Å². The Morgan fingerprint density at radius 2 is 1.84 bits per heavy atom. The first-order chi connectivity index (χ1) is 12.0. The highest BCUT2D eigenvalue weighted by Gasteiger charge is 2.24. The maximum absolute atomic E-state index is 11.9. The molecule has 0 atom stereocenters. The minimum absolute atomic E-state index is 0.0300. The van der Waals surface area contributed by atoms with E-state index in [2.05, 4.69) is 4.99 Å². The Morgan fingerprint density at radius 3 is 2.52 bits per heavy atom. The van der Waals surface area contributed by atoms with Gasteiger partial charge in [0.1, 0.15) is 0 Å². The van der Waals surface area contributed by atoms with Gasteiger partial charge in [0, 0.05) is 17.7 Å². The van der Waals surface area contributed by atoms with Gasteiger partial charge in [-0.1, -0.05) is 30.4 Å². The van der Waals surface area contributed by atoms with Crippen molar-refractivity contribution in [2.24, 2.45) is 4.99 Å². The van der Waals surface area contributed by atoms with E-state index in [1.54, 1.807) is 30.4 Å². The van der Waals surface area contributed by atoms with Crippen molar-refractivity contribution in [1.82, 2.24) is 0 Å². The number of carbonyl (C=O) groups excluding carboxylic acids is 1. The molecule has 6 nitrogen and oxygen atoms in total. The average molecular weight is 334 g/mol. The van der Waals surface area contributed by atoms with E-state index in [4.69, 9.17) is 4.74 Å². The van der Waals surface area contributed by atoms with Crippen LogP contribution in [0.25, 0.3) is 6.08 Å². The summed E-state index contributed by atoms with van der Waals surface area (Å²) in [5.74, 6) is -0.218. The SMILES string of the molecule is Cc1ccccc1C1=NC(=CC=Cc2ccc([N+](=O)[O-])cc2)C(=O)O1. The van der Waals surface area contributed by atoms with Crippen molar-refractivity contribution < 1.29 is 14.5 Å². The zero-order chi connectivity index (χ0) is 17.8. The third-order valence-electron chi connectivity index (χ3n) is 3.64. The van der Waals surface area contributed by atoms with E-state index in [9.17, 15) is 14.9 Å². The topological polar surface area (TPSA) is 81.8 Å². The summed E-state index contributed by atoms with van der Waals surface area (Å²) >= 11 is 0. The van der Waals surface area contributed by atoms with E-state index < -0.39 is 10.9 Å². The Morgan fingerprint density at radius 1 is 1.12 bits per heavy atom. The van der Waals surface area contributed by atoms with E-state index in [0.29, 0.717) is 0 Å². The lowest BCUT2D eigenvalue weighted by Crippen LogP contribution is -2.06. The second kappa shape index (κ2) is 6.92. The van der Waals surface area contributed by atoms with Gasteiger partial charge in [-0.15, -0.1) is 0 Å². The van der Waals surface area contributed by atoms with Crippen LogP contribution in [0.3, 0.4) is 0 Å². The zero-order valence-corrected chi connectivity index (χ0v) is 13.4. The molecule has 0 bridgehead atoms. The van der Waals surface area contributed by atoms with Crippen molar-refractivity contribution in [3.8, 4) is 0 Å². The van der Waals surface area contributed by atoms with Crippen molar-refractivity contribution in [2.75, 3.05) is 0 Å². The van der Waals surface area contributed by atoms with Gasteiger partial charge in [0.05, 0.1) is 4.92 Å². The third-order valence-corrected chi connectivity index (χ3v) is 3.64. The predicted octanol–water partition coefficient (Wildman–Crippen LogP) is 3.80. The summed E-state index contributed by atoms with van der Waals surface area (Å²) in [5.41, 5.74) is 2.76. The number of nitro groups is 1. The molecule has 0 unspecified atom stereocenters. The van der Waals surface area contributed by atoms with Crippen LogP contribution in [0.15, 0.2) is 71.4 Å². The molecule has 1 heterocycles. The minimum atomic E-state index is -0.508. The van der Waals surface area contributed by atoms with Gasteiger partial charge in [-0.3, -0.25) is 10.1 Å². The van der Waals surface area contributed by atoms with E-state index in [1.165, 1.54) is 12.1 Å². The number of aliphatic imine (C=N–C) groups is 1. The van der Waals surface area contributed by atoms with Gasteiger partial charge in [-0.25, -0.2) is 9.79 Å². The lowest BCUT2D eigenvalue weighted by Gasteiger charge is -2.02. The Kier molecular flexibility index (Phi) is 4.52. The first-order valence-electron chi connectivity index (χ1n) is 7.54. The van der Waals surface area contributed by atoms with Gasteiger partial charge in [0.2, 0.25) is 5.90 Å². The largest absolute Gasteiger partial charge is 0.402 e. The average Bonchev–Trinajstić information content (AvgIpc) is 2.96. The molecule has 0 saturated heterocycles. The smallest absolute Gasteiger partial charge is 0.363 e. The molecule has 0 amide bonds. The number of nitrogens with zero attached hydrogens (tertiary/aromatic N) is 2. The molecule has 2 aromatic carbocycles. The summed E-state index contributed by atoms with van der Waals surface area (Å²) in [6.07, 6.45) is 4.93. The van der Waals surface area contributed by atoms with Crippen LogP contribution >= 0.6 is 0 Å². The first kappa shape index (κ1) is 16.3. The van der Waals surface area contributed by atoms with Crippen molar-refractivity contribution in [2.45, 2.75) is 6.92 Å². The number of nitro benzene ring substituents is 1. The van der Waals surface area contributed by atoms with Gasteiger partial charge in [0.15, 0.2) is 5.70 Å². The van der Waals surface area contributed by atoms with Crippen LogP contribution in [0.4, 0.5) is 5.69 Å². The predicted molar refractivity (Wildman–Crippen MR) is 94.0 cm³/mol. The maximum atomic E-state index is 11.9. The zero-order valence-electron chi connectivity index (χ0n) is 13.4. The molecule has 0 aliphatic carbocycles. The molecular formula is C19H14N2O4. The number of non-ortho nitro benzene ring substituents is 1. The summed E-state index contributed by atoms with van der Waals surface area (Å²) < 4.78 is 5.22. The van der Waals surface area contributed by atoms with Crippen LogP contribution in [0.2, 0.25) is 0 Å². The summed E-state index contributed by atoms with van der Waals surface area (Å²) in [7, 11) is 0. The number of rotatable bonds is 4. The number of hydrogen-bond donors (Lipinski definition) is 0. The number of ether oxygens (including phenoxy) is 1. The van der Waals surface area contributed by atoms with Crippen LogP contribution in [-0.4, -0.2) is 16.8 Å². The van der Waals surface area contributed by atoms with Crippen LogP contribution < -0.4 is 0 Å². The molecular weight excluding hydrogens is 320 g/mol. The molecule has 0 radical (unpaired) electrons. The summed E-state index contributed by atoms with van der Waals surface area (Å²) in [6.45, 7) is 1.92. The Labute approximate surface area is 143 Å². The summed E-state index contributed by atoms with van der Waals surface area (Å²) in [5, 5.41) is 10.6. The number of hydrogen-bond acceptors (Lipinski definition) is 5. The molecule has 3 rings (SSSR count). The highest BCUT2D eigenvalue weighted by molar-refractivity contribution is 6.11. The van der Waals surface area contributed by atoms with Crippen LogP contribution in [-0.2, 0) is 9.53 Å². The lowest BCUT2D eigenvalue weighted by molar-refractivity contribution is -0.384. The normalized spacial score (nSPS) is 15.5. The maximum Gasteiger partial charge on any atom is 0.363 e. The fourth-order valence-corrected chi connectivity index (χ4v) is 2.31. The summed E-state index contributed by atoms with van der Waals surface area (Å²) in [6, 6.07) is 13.6. The number of benzene rings is 2. The van der Waals surface area contributed by atoms with Gasteiger partial charge in [0.25, 0.3) is 5.69 Å². The number of esters is 1.